The summed E-state index contributed by atoms with van der Waals surface area (Å²) in [6.07, 6.45) is 4.21. The van der Waals surface area contributed by atoms with Crippen molar-refractivity contribution in [1.82, 2.24) is 14.5 Å². The number of benzene rings is 2. The second kappa shape index (κ2) is 8.90. The van der Waals surface area contributed by atoms with E-state index in [1.54, 1.807) is 0 Å². The van der Waals surface area contributed by atoms with Crippen LogP contribution in [0.1, 0.15) is 13.3 Å². The molecular weight excluding hydrogens is 418 g/mol. The molecule has 0 N–H and O–H groups in total. The molecule has 0 saturated carbocycles. The number of esters is 1. The van der Waals surface area contributed by atoms with Gasteiger partial charge in [0, 0.05) is 22.5 Å². The van der Waals surface area contributed by atoms with E-state index in [1.165, 1.54) is 25.2 Å². The van der Waals surface area contributed by atoms with E-state index in [-0.39, 0.29) is 11.2 Å². The first-order chi connectivity index (χ1) is 14.6. The number of thioether (sulfide) groups is 1. The van der Waals surface area contributed by atoms with Gasteiger partial charge in [0.05, 0.1) is 12.5 Å². The number of ether oxygens (including phenoxy) is 1. The number of carbonyl (C=O) groups is 1. The quantitative estimate of drug-likeness (QED) is 0.217. The van der Waals surface area contributed by atoms with Crippen LogP contribution in [-0.2, 0) is 9.53 Å². The zero-order chi connectivity index (χ0) is 21.1. The average Bonchev–Trinajstić information content (AvgIpc) is 3.18. The second-order valence-corrected chi connectivity index (χ2v) is 8.30. The van der Waals surface area contributed by atoms with Crippen molar-refractivity contribution in [1.29, 1.82) is 0 Å². The summed E-state index contributed by atoms with van der Waals surface area (Å²) in [5, 5.41) is 1.95. The van der Waals surface area contributed by atoms with Crippen LogP contribution in [0, 0.1) is 0 Å². The highest BCUT2D eigenvalue weighted by molar-refractivity contribution is 8.00. The van der Waals surface area contributed by atoms with Gasteiger partial charge in [0.1, 0.15) is 22.3 Å². The van der Waals surface area contributed by atoms with Gasteiger partial charge in [-0.05, 0) is 30.2 Å². The van der Waals surface area contributed by atoms with Crippen LogP contribution in [0.4, 0.5) is 0 Å². The summed E-state index contributed by atoms with van der Waals surface area (Å²) in [4.78, 5) is 21.3. The van der Waals surface area contributed by atoms with E-state index in [0.717, 1.165) is 32.9 Å². The Morgan fingerprint density at radius 3 is 2.67 bits per heavy atom. The molecule has 4 rings (SSSR count). The van der Waals surface area contributed by atoms with Crippen LogP contribution >= 0.6 is 23.4 Å². The number of rotatable bonds is 6. The molecule has 4 aromatic rings. The Labute approximate surface area is 184 Å². The summed E-state index contributed by atoms with van der Waals surface area (Å²) < 4.78 is 6.98. The number of carbonyl (C=O) groups excluding carboxylic acids is 1. The smallest absolute Gasteiger partial charge is 0.319 e. The highest BCUT2D eigenvalue weighted by Crippen LogP contribution is 2.38. The lowest BCUT2D eigenvalue weighted by atomic mass is 10.1. The molecule has 0 radical (unpaired) electrons. The molecule has 152 valence electrons. The summed E-state index contributed by atoms with van der Waals surface area (Å²) in [7, 11) is 1.41. The Bertz CT molecular complexity index is 1190. The summed E-state index contributed by atoms with van der Waals surface area (Å²) in [5.41, 5.74) is 3.71. The van der Waals surface area contributed by atoms with Crippen LogP contribution in [0.25, 0.3) is 27.8 Å². The fourth-order valence-corrected chi connectivity index (χ4v) is 4.59. The summed E-state index contributed by atoms with van der Waals surface area (Å²) in [6.45, 7) is 1.96. The Balaban J connectivity index is 1.95. The van der Waals surface area contributed by atoms with Gasteiger partial charge in [-0.2, -0.15) is 0 Å². The Hall–Kier alpha value is -2.83. The Morgan fingerprint density at radius 2 is 1.97 bits per heavy atom. The molecule has 30 heavy (non-hydrogen) atoms. The average molecular weight is 438 g/mol. The molecule has 5 nitrogen and oxygen atoms in total. The second-order valence-electron chi connectivity index (χ2n) is 6.67. The maximum atomic E-state index is 12.2. The predicted molar refractivity (Wildman–Crippen MR) is 121 cm³/mol. The lowest BCUT2D eigenvalue weighted by Crippen LogP contribution is -2.17. The van der Waals surface area contributed by atoms with E-state index in [4.69, 9.17) is 16.3 Å². The first kappa shape index (κ1) is 20.4. The molecule has 0 fully saturated rings. The number of aromatic nitrogens is 3. The van der Waals surface area contributed by atoms with Gasteiger partial charge in [-0.3, -0.25) is 4.79 Å². The van der Waals surface area contributed by atoms with Crippen molar-refractivity contribution >= 4 is 40.4 Å². The minimum Gasteiger partial charge on any atom is -0.468 e. The molecule has 1 atom stereocenters. The Morgan fingerprint density at radius 1 is 1.17 bits per heavy atom. The fraction of sp³-hybridized carbons (Fsp3) is 0.174. The maximum absolute atomic E-state index is 12.2. The molecule has 0 aliphatic rings. The number of hydrogen-bond acceptors (Lipinski definition) is 5. The van der Waals surface area contributed by atoms with Gasteiger partial charge in [-0.25, -0.2) is 9.97 Å². The number of hydrogen-bond donors (Lipinski definition) is 0. The number of halogens is 1. The lowest BCUT2D eigenvalue weighted by Gasteiger charge is -2.12. The van der Waals surface area contributed by atoms with Crippen LogP contribution in [0.2, 0.25) is 5.02 Å². The van der Waals surface area contributed by atoms with Crippen molar-refractivity contribution < 1.29 is 9.53 Å². The zero-order valence-electron chi connectivity index (χ0n) is 16.6. The first-order valence-corrected chi connectivity index (χ1v) is 10.8. The molecule has 0 bridgehead atoms. The van der Waals surface area contributed by atoms with E-state index < -0.39 is 0 Å². The van der Waals surface area contributed by atoms with Crippen molar-refractivity contribution in [2.75, 3.05) is 7.11 Å². The third-order valence-corrected chi connectivity index (χ3v) is 6.39. The van der Waals surface area contributed by atoms with Crippen molar-refractivity contribution in [2.24, 2.45) is 0 Å². The van der Waals surface area contributed by atoms with Crippen LogP contribution in [-0.4, -0.2) is 32.9 Å². The van der Waals surface area contributed by atoms with Gasteiger partial charge in [0.25, 0.3) is 0 Å². The largest absolute Gasteiger partial charge is 0.468 e. The molecular formula is C23H20ClN3O2S. The van der Waals surface area contributed by atoms with Crippen molar-refractivity contribution in [3.05, 3.63) is 72.1 Å². The highest BCUT2D eigenvalue weighted by Gasteiger charge is 2.24. The maximum Gasteiger partial charge on any atom is 0.319 e. The van der Waals surface area contributed by atoms with Gasteiger partial charge in [0.15, 0.2) is 0 Å². The highest BCUT2D eigenvalue weighted by atomic mass is 35.5. The fourth-order valence-electron chi connectivity index (χ4n) is 3.35. The number of nitrogens with zero attached hydrogens (tertiary/aromatic N) is 3. The van der Waals surface area contributed by atoms with Crippen LogP contribution in [0.3, 0.4) is 0 Å². The molecule has 0 amide bonds. The van der Waals surface area contributed by atoms with Crippen LogP contribution in [0.15, 0.2) is 72.1 Å². The van der Waals surface area contributed by atoms with Gasteiger partial charge >= 0.3 is 5.97 Å². The summed E-state index contributed by atoms with van der Waals surface area (Å²) >= 11 is 7.64. The van der Waals surface area contributed by atoms with Gasteiger partial charge < -0.3 is 9.30 Å². The number of methoxy groups -OCH3 is 1. The van der Waals surface area contributed by atoms with Crippen molar-refractivity contribution in [2.45, 2.75) is 23.6 Å². The zero-order valence-corrected chi connectivity index (χ0v) is 18.2. The predicted octanol–water partition coefficient (Wildman–Crippen LogP) is 5.78. The summed E-state index contributed by atoms with van der Waals surface area (Å²) in [6, 6.07) is 17.7. The Kier molecular flexibility index (Phi) is 6.06. The van der Waals surface area contributed by atoms with E-state index in [9.17, 15) is 4.79 Å². The topological polar surface area (TPSA) is 57.0 Å². The number of fused-ring (bicyclic) bond motifs is 1. The molecule has 2 aromatic heterocycles. The first-order valence-electron chi connectivity index (χ1n) is 9.54. The van der Waals surface area contributed by atoms with E-state index >= 15 is 0 Å². The lowest BCUT2D eigenvalue weighted by molar-refractivity contribution is -0.140. The minimum atomic E-state index is -0.341. The van der Waals surface area contributed by atoms with Crippen molar-refractivity contribution in [3.8, 4) is 16.8 Å². The van der Waals surface area contributed by atoms with Crippen LogP contribution in [0.5, 0.6) is 0 Å². The summed E-state index contributed by atoms with van der Waals surface area (Å²) in [5.74, 6) is -0.259. The van der Waals surface area contributed by atoms with E-state index in [1.807, 2.05) is 60.2 Å². The standard InChI is InChI=1S/C23H20ClN3O2S/c1-3-19(23(28)29-2)30-22-20-18(15-8-5-4-6-9-15)13-27(21(20)25-14-26-22)17-11-7-10-16(24)12-17/h4-14,19H,3H2,1-2H3/t19-/m1/s1. The van der Waals surface area contributed by atoms with Gasteiger partial charge in [0.2, 0.25) is 0 Å². The molecule has 0 aliphatic carbocycles. The molecule has 0 spiro atoms. The third kappa shape index (κ3) is 3.93. The SMILES string of the molecule is CC[C@@H](Sc1ncnc2c1c(-c1ccccc1)cn2-c1cccc(Cl)c1)C(=O)OC. The molecule has 0 unspecified atom stereocenters. The molecule has 0 aliphatic heterocycles. The third-order valence-electron chi connectivity index (χ3n) is 4.81. The van der Waals surface area contributed by atoms with Crippen molar-refractivity contribution in [3.63, 3.8) is 0 Å². The van der Waals surface area contributed by atoms with Gasteiger partial charge in [-0.15, -0.1) is 0 Å². The molecule has 7 heteroatoms. The molecule has 2 aromatic carbocycles. The minimum absolute atomic E-state index is 0.259. The molecule has 0 saturated heterocycles. The monoisotopic (exact) mass is 437 g/mol. The van der Waals surface area contributed by atoms with Crippen LogP contribution < -0.4 is 0 Å². The molecule has 2 heterocycles. The van der Waals surface area contributed by atoms with E-state index in [2.05, 4.69) is 22.1 Å². The van der Waals surface area contributed by atoms with E-state index in [0.29, 0.717) is 11.4 Å². The van der Waals surface area contributed by atoms with Gasteiger partial charge in [-0.1, -0.05) is 66.7 Å². The normalized spacial score (nSPS) is 12.1.